The van der Waals surface area contributed by atoms with Crippen LogP contribution >= 0.6 is 0 Å². The van der Waals surface area contributed by atoms with Crippen molar-refractivity contribution in [3.05, 3.63) is 53.1 Å². The summed E-state index contributed by atoms with van der Waals surface area (Å²) in [5.74, 6) is 0.0112. The molecule has 4 nitrogen and oxygen atoms in total. The molecule has 136 valence electrons. The number of carbonyl (C=O) groups is 1. The maximum atomic E-state index is 13.4. The van der Waals surface area contributed by atoms with Gasteiger partial charge in [-0.25, -0.2) is 8.42 Å². The molecule has 1 atom stereocenters. The van der Waals surface area contributed by atoms with Crippen molar-refractivity contribution < 1.29 is 18.3 Å². The first-order chi connectivity index (χ1) is 11.6. The average Bonchev–Trinajstić information content (AvgIpc) is 2.74. The number of allylic oxidation sites excluding steroid dienone is 2. The summed E-state index contributed by atoms with van der Waals surface area (Å²) < 4.78 is 26.7. The first-order valence-electron chi connectivity index (χ1n) is 8.41. The van der Waals surface area contributed by atoms with Crippen molar-refractivity contribution in [1.82, 2.24) is 0 Å². The number of hydrogen-bond donors (Lipinski definition) is 1. The summed E-state index contributed by atoms with van der Waals surface area (Å²) in [4.78, 5) is 12.5. The predicted octanol–water partition coefficient (Wildman–Crippen LogP) is 3.47. The second-order valence-corrected chi connectivity index (χ2v) is 9.44. The highest BCUT2D eigenvalue weighted by Gasteiger charge is 2.44. The highest BCUT2D eigenvalue weighted by Crippen LogP contribution is 2.46. The van der Waals surface area contributed by atoms with E-state index >= 15 is 0 Å². The molecule has 25 heavy (non-hydrogen) atoms. The summed E-state index contributed by atoms with van der Waals surface area (Å²) in [5.41, 5.74) is 1.56. The van der Waals surface area contributed by atoms with E-state index in [1.807, 2.05) is 20.8 Å². The summed E-state index contributed by atoms with van der Waals surface area (Å²) in [6, 6.07) is 8.36. The van der Waals surface area contributed by atoms with Crippen LogP contribution in [0.1, 0.15) is 40.5 Å². The van der Waals surface area contributed by atoms with Gasteiger partial charge in [-0.05, 0) is 49.0 Å². The molecule has 0 spiro atoms. The normalized spacial score (nSPS) is 19.4. The molecule has 1 aliphatic rings. The summed E-state index contributed by atoms with van der Waals surface area (Å²) >= 11 is 0. The number of ketones is 1. The number of benzene rings is 1. The van der Waals surface area contributed by atoms with Crippen LogP contribution in [0.4, 0.5) is 0 Å². The van der Waals surface area contributed by atoms with E-state index in [0.717, 1.165) is 5.57 Å². The minimum Gasteiger partial charge on any atom is -0.392 e. The molecule has 0 fully saturated rings. The van der Waals surface area contributed by atoms with Crippen LogP contribution < -0.4 is 0 Å². The number of aliphatic hydroxyl groups excluding tert-OH is 1. The summed E-state index contributed by atoms with van der Waals surface area (Å²) in [7, 11) is -3.66. The zero-order valence-electron chi connectivity index (χ0n) is 15.2. The van der Waals surface area contributed by atoms with E-state index in [1.165, 1.54) is 0 Å². The first-order valence-corrected chi connectivity index (χ1v) is 9.96. The minimum absolute atomic E-state index is 0.0112. The van der Waals surface area contributed by atoms with Gasteiger partial charge in [-0.1, -0.05) is 43.7 Å². The molecule has 1 unspecified atom stereocenters. The predicted molar refractivity (Wildman–Crippen MR) is 99.0 cm³/mol. The number of rotatable bonds is 6. The molecule has 2 rings (SSSR count). The number of sulfone groups is 1. The van der Waals surface area contributed by atoms with Crippen molar-refractivity contribution in [2.45, 2.75) is 50.7 Å². The van der Waals surface area contributed by atoms with Gasteiger partial charge in [0, 0.05) is 6.42 Å². The Morgan fingerprint density at radius 3 is 2.36 bits per heavy atom. The Morgan fingerprint density at radius 1 is 1.28 bits per heavy atom. The second kappa shape index (κ2) is 7.26. The van der Waals surface area contributed by atoms with E-state index in [-0.39, 0.29) is 23.7 Å². The van der Waals surface area contributed by atoms with Gasteiger partial charge in [0.2, 0.25) is 0 Å². The molecule has 1 aromatic rings. The van der Waals surface area contributed by atoms with Gasteiger partial charge in [0.25, 0.3) is 0 Å². The molecule has 1 N–H and O–H groups in total. The largest absolute Gasteiger partial charge is 0.392 e. The van der Waals surface area contributed by atoms with Gasteiger partial charge in [-0.3, -0.25) is 4.79 Å². The minimum atomic E-state index is -3.66. The van der Waals surface area contributed by atoms with Gasteiger partial charge in [0.1, 0.15) is 0 Å². The molecular formula is C20H26O4S. The molecule has 1 aromatic carbocycles. The van der Waals surface area contributed by atoms with Crippen LogP contribution in [0, 0.1) is 5.41 Å². The van der Waals surface area contributed by atoms with Crippen LogP contribution in [0.15, 0.2) is 58.0 Å². The lowest BCUT2D eigenvalue weighted by Gasteiger charge is -2.30. The van der Waals surface area contributed by atoms with E-state index in [2.05, 4.69) is 0 Å². The quantitative estimate of drug-likeness (QED) is 0.787. The molecule has 0 amide bonds. The lowest BCUT2D eigenvalue weighted by atomic mass is 9.82. The zero-order valence-corrected chi connectivity index (χ0v) is 16.1. The van der Waals surface area contributed by atoms with Crippen LogP contribution in [0.3, 0.4) is 0 Å². The molecular weight excluding hydrogens is 336 g/mol. The fourth-order valence-electron chi connectivity index (χ4n) is 3.64. The third-order valence-corrected chi connectivity index (χ3v) is 6.95. The Balaban J connectivity index is 2.63. The zero-order chi connectivity index (χ0) is 18.8. The van der Waals surface area contributed by atoms with Crippen LogP contribution in [-0.4, -0.2) is 31.2 Å². The Hall–Kier alpha value is -1.72. The van der Waals surface area contributed by atoms with Gasteiger partial charge in [-0.2, -0.15) is 0 Å². The highest BCUT2D eigenvalue weighted by atomic mass is 32.2. The second-order valence-electron chi connectivity index (χ2n) is 7.31. The Labute approximate surface area is 150 Å². The summed E-state index contributed by atoms with van der Waals surface area (Å²) in [5, 5.41) is 8.33. The SMILES string of the molecule is CC1=C(C(C/C(C)=C/CO)S(=O)(=O)c2ccccc2)C(C)(C)CC1=O. The van der Waals surface area contributed by atoms with Crippen LogP contribution in [-0.2, 0) is 14.6 Å². The molecule has 0 saturated carbocycles. The highest BCUT2D eigenvalue weighted by molar-refractivity contribution is 7.92. The summed E-state index contributed by atoms with van der Waals surface area (Å²) in [6.45, 7) is 7.25. The van der Waals surface area contributed by atoms with E-state index < -0.39 is 20.5 Å². The van der Waals surface area contributed by atoms with Crippen molar-refractivity contribution in [2.24, 2.45) is 5.41 Å². The third-order valence-electron chi connectivity index (χ3n) is 4.87. The van der Waals surface area contributed by atoms with Gasteiger partial charge >= 0.3 is 0 Å². The van der Waals surface area contributed by atoms with E-state index in [4.69, 9.17) is 5.11 Å². The Morgan fingerprint density at radius 2 is 1.88 bits per heavy atom. The molecule has 0 aliphatic heterocycles. The van der Waals surface area contributed by atoms with E-state index in [9.17, 15) is 13.2 Å². The van der Waals surface area contributed by atoms with Crippen molar-refractivity contribution in [2.75, 3.05) is 6.61 Å². The number of carbonyl (C=O) groups excluding carboxylic acids is 1. The van der Waals surface area contributed by atoms with Gasteiger partial charge in [0.05, 0.1) is 16.8 Å². The van der Waals surface area contributed by atoms with E-state index in [0.29, 0.717) is 17.6 Å². The van der Waals surface area contributed by atoms with Crippen LogP contribution in [0.2, 0.25) is 0 Å². The van der Waals surface area contributed by atoms with Gasteiger partial charge in [0.15, 0.2) is 15.6 Å². The fourth-order valence-corrected chi connectivity index (χ4v) is 5.79. The molecule has 0 radical (unpaired) electrons. The summed E-state index contributed by atoms with van der Waals surface area (Å²) in [6.07, 6.45) is 2.21. The number of hydrogen-bond acceptors (Lipinski definition) is 4. The van der Waals surface area contributed by atoms with Crippen LogP contribution in [0.25, 0.3) is 0 Å². The maximum Gasteiger partial charge on any atom is 0.185 e. The topological polar surface area (TPSA) is 71.4 Å². The maximum absolute atomic E-state index is 13.4. The third kappa shape index (κ3) is 3.93. The van der Waals surface area contributed by atoms with Gasteiger partial charge in [-0.15, -0.1) is 0 Å². The molecule has 0 bridgehead atoms. The Bertz CT molecular complexity index is 815. The molecule has 1 aliphatic carbocycles. The smallest absolute Gasteiger partial charge is 0.185 e. The fraction of sp³-hybridized carbons (Fsp3) is 0.450. The van der Waals surface area contributed by atoms with Crippen molar-refractivity contribution in [3.63, 3.8) is 0 Å². The molecule has 0 saturated heterocycles. The van der Waals surface area contributed by atoms with Crippen molar-refractivity contribution in [1.29, 1.82) is 0 Å². The molecule has 0 heterocycles. The van der Waals surface area contributed by atoms with E-state index in [1.54, 1.807) is 43.3 Å². The van der Waals surface area contributed by atoms with Crippen LogP contribution in [0.5, 0.6) is 0 Å². The number of aliphatic hydroxyl groups is 1. The number of Topliss-reactive ketones (excluding diaryl/α,β-unsaturated/α-hetero) is 1. The van der Waals surface area contributed by atoms with Crippen molar-refractivity contribution >= 4 is 15.6 Å². The Kier molecular flexibility index (Phi) is 5.69. The average molecular weight is 362 g/mol. The molecule has 5 heteroatoms. The lowest BCUT2D eigenvalue weighted by molar-refractivity contribution is -0.115. The van der Waals surface area contributed by atoms with Gasteiger partial charge < -0.3 is 5.11 Å². The monoisotopic (exact) mass is 362 g/mol. The standard InChI is InChI=1S/C20H26O4S/c1-14(10-11-21)12-18(19-15(2)17(22)13-20(19,3)4)25(23,24)16-8-6-5-7-9-16/h5-10,18,21H,11-13H2,1-4H3/b14-10+. The van der Waals surface area contributed by atoms with Crippen molar-refractivity contribution in [3.8, 4) is 0 Å². The lowest BCUT2D eigenvalue weighted by Crippen LogP contribution is -2.30. The first kappa shape index (κ1) is 19.6. The molecule has 0 aromatic heterocycles.